The van der Waals surface area contributed by atoms with Crippen LogP contribution in [0.15, 0.2) is 0 Å². The van der Waals surface area contributed by atoms with Crippen molar-refractivity contribution in [3.63, 3.8) is 0 Å². The van der Waals surface area contributed by atoms with E-state index in [0.717, 1.165) is 35.8 Å². The molecule has 0 aromatic rings. The van der Waals surface area contributed by atoms with Crippen LogP contribution in [0.25, 0.3) is 0 Å². The van der Waals surface area contributed by atoms with E-state index in [1.807, 2.05) is 0 Å². The number of rotatable bonds is 4. The van der Waals surface area contributed by atoms with Gasteiger partial charge >= 0.3 is 0 Å². The van der Waals surface area contributed by atoms with Crippen molar-refractivity contribution in [3.8, 4) is 0 Å². The van der Waals surface area contributed by atoms with Crippen LogP contribution in [0.2, 0.25) is 0 Å². The molecular weight excluding hydrogens is 290 g/mol. The average molecular weight is 332 g/mol. The van der Waals surface area contributed by atoms with E-state index in [0.29, 0.717) is 0 Å². The highest BCUT2D eigenvalue weighted by atomic mass is 15.2. The van der Waals surface area contributed by atoms with Crippen molar-refractivity contribution in [3.05, 3.63) is 0 Å². The highest BCUT2D eigenvalue weighted by Crippen LogP contribution is 2.46. The molecule has 4 fully saturated rings. The fourth-order valence-corrected chi connectivity index (χ4v) is 7.20. The summed E-state index contributed by atoms with van der Waals surface area (Å²) in [5.74, 6) is 4.35. The molecule has 0 radical (unpaired) electrons. The Hall–Kier alpha value is -0.0400. The van der Waals surface area contributed by atoms with Gasteiger partial charge in [-0.15, -0.1) is 0 Å². The average Bonchev–Trinajstić information content (AvgIpc) is 2.62. The lowest BCUT2D eigenvalue weighted by molar-refractivity contribution is 0.0157. The lowest BCUT2D eigenvalue weighted by Gasteiger charge is -2.49. The van der Waals surface area contributed by atoms with Crippen molar-refractivity contribution in [2.75, 3.05) is 7.05 Å². The zero-order valence-electron chi connectivity index (χ0n) is 16.2. The van der Waals surface area contributed by atoms with Crippen LogP contribution in [-0.2, 0) is 0 Å². The number of hydrogen-bond acceptors (Lipinski definition) is 1. The van der Waals surface area contributed by atoms with Gasteiger partial charge in [-0.3, -0.25) is 0 Å². The van der Waals surface area contributed by atoms with E-state index in [9.17, 15) is 0 Å². The summed E-state index contributed by atoms with van der Waals surface area (Å²) in [6.07, 6.45) is 24.6. The van der Waals surface area contributed by atoms with Gasteiger partial charge in [0.1, 0.15) is 0 Å². The van der Waals surface area contributed by atoms with Crippen LogP contribution in [0, 0.1) is 23.7 Å². The van der Waals surface area contributed by atoms with Crippen molar-refractivity contribution in [1.29, 1.82) is 0 Å². The molecule has 2 unspecified atom stereocenters. The van der Waals surface area contributed by atoms with Gasteiger partial charge in [0.2, 0.25) is 0 Å². The Morgan fingerprint density at radius 1 is 0.667 bits per heavy atom. The lowest BCUT2D eigenvalue weighted by Crippen LogP contribution is -2.50. The Balaban J connectivity index is 1.42. The van der Waals surface area contributed by atoms with Gasteiger partial charge in [0, 0.05) is 12.1 Å². The van der Waals surface area contributed by atoms with Crippen LogP contribution in [-0.4, -0.2) is 24.0 Å². The van der Waals surface area contributed by atoms with E-state index in [-0.39, 0.29) is 0 Å². The molecule has 0 aromatic carbocycles. The molecule has 0 N–H and O–H groups in total. The molecule has 2 saturated carbocycles. The molecule has 4 rings (SSSR count). The molecule has 2 heterocycles. The smallest absolute Gasteiger partial charge is 0.00978 e. The van der Waals surface area contributed by atoms with Gasteiger partial charge in [-0.05, 0) is 62.8 Å². The molecule has 0 amide bonds. The van der Waals surface area contributed by atoms with E-state index in [1.165, 1.54) is 70.6 Å². The van der Waals surface area contributed by atoms with E-state index in [2.05, 4.69) is 11.9 Å². The van der Waals surface area contributed by atoms with E-state index in [1.54, 1.807) is 32.1 Å². The maximum atomic E-state index is 2.76. The first-order valence-corrected chi connectivity index (χ1v) is 11.5. The summed E-state index contributed by atoms with van der Waals surface area (Å²) in [5.41, 5.74) is 0. The van der Waals surface area contributed by atoms with Gasteiger partial charge in [-0.25, -0.2) is 0 Å². The normalized spacial score (nSPS) is 37.0. The largest absolute Gasteiger partial charge is 0.300 e. The molecule has 1 heteroatoms. The van der Waals surface area contributed by atoms with E-state index < -0.39 is 0 Å². The fraction of sp³-hybridized carbons (Fsp3) is 1.00. The Labute approximate surface area is 151 Å². The zero-order chi connectivity index (χ0) is 16.4. The van der Waals surface area contributed by atoms with Crippen LogP contribution < -0.4 is 0 Å². The number of fused-ring (bicyclic) bond motifs is 2. The van der Waals surface area contributed by atoms with Gasteiger partial charge < -0.3 is 4.90 Å². The minimum Gasteiger partial charge on any atom is -0.300 e. The van der Waals surface area contributed by atoms with Crippen molar-refractivity contribution in [1.82, 2.24) is 4.90 Å². The third-order valence-corrected chi connectivity index (χ3v) is 8.55. The lowest BCUT2D eigenvalue weighted by atomic mass is 9.64. The van der Waals surface area contributed by atoms with E-state index in [4.69, 9.17) is 0 Å². The van der Waals surface area contributed by atoms with Crippen LogP contribution in [0.4, 0.5) is 0 Å². The minimum atomic E-state index is 0.931. The Morgan fingerprint density at radius 2 is 1.17 bits per heavy atom. The summed E-state index contributed by atoms with van der Waals surface area (Å²) in [6.45, 7) is 0. The summed E-state index contributed by atoms with van der Waals surface area (Å²) in [5, 5.41) is 0. The SMILES string of the molecule is CN1C2CCCC1CC(CC(C1CCCCC1)C1CCCCC1)C2. The first kappa shape index (κ1) is 17.4. The number of hydrogen-bond donors (Lipinski definition) is 0. The van der Waals surface area contributed by atoms with Gasteiger partial charge in [-0.2, -0.15) is 0 Å². The molecule has 138 valence electrons. The van der Waals surface area contributed by atoms with Gasteiger partial charge in [0.15, 0.2) is 0 Å². The summed E-state index contributed by atoms with van der Waals surface area (Å²) >= 11 is 0. The predicted octanol–water partition coefficient (Wildman–Crippen LogP) is 6.42. The molecule has 2 bridgehead atoms. The zero-order valence-corrected chi connectivity index (χ0v) is 16.2. The molecule has 2 aliphatic heterocycles. The molecule has 0 aromatic heterocycles. The summed E-state index contributed by atoms with van der Waals surface area (Å²) in [4.78, 5) is 2.76. The van der Waals surface area contributed by atoms with Crippen molar-refractivity contribution < 1.29 is 0 Å². The number of nitrogens with zero attached hydrogens (tertiary/aromatic N) is 1. The van der Waals surface area contributed by atoms with Crippen LogP contribution in [0.3, 0.4) is 0 Å². The minimum absolute atomic E-state index is 0.931. The van der Waals surface area contributed by atoms with Crippen molar-refractivity contribution in [2.45, 2.75) is 115 Å². The maximum absolute atomic E-state index is 2.76. The third-order valence-electron chi connectivity index (χ3n) is 8.55. The second-order valence-corrected chi connectivity index (χ2v) is 9.94. The van der Waals surface area contributed by atoms with Crippen LogP contribution >= 0.6 is 0 Å². The molecule has 2 atom stereocenters. The molecular formula is C23H41N. The van der Waals surface area contributed by atoms with Crippen LogP contribution in [0.5, 0.6) is 0 Å². The fourth-order valence-electron chi connectivity index (χ4n) is 7.20. The molecule has 1 nitrogen and oxygen atoms in total. The first-order chi connectivity index (χ1) is 11.8. The van der Waals surface area contributed by atoms with Crippen molar-refractivity contribution >= 4 is 0 Å². The monoisotopic (exact) mass is 331 g/mol. The quantitative estimate of drug-likeness (QED) is 0.575. The van der Waals surface area contributed by atoms with Crippen molar-refractivity contribution in [2.24, 2.45) is 23.7 Å². The highest BCUT2D eigenvalue weighted by Gasteiger charge is 2.39. The Bertz CT molecular complexity index is 347. The summed E-state index contributed by atoms with van der Waals surface area (Å²) in [7, 11) is 2.42. The standard InChI is InChI=1S/C23H41N/c1-24-21-13-8-14-22(24)16-18(15-21)17-23(19-9-4-2-5-10-19)20-11-6-3-7-12-20/h18-23H,2-17H2,1H3. The van der Waals surface area contributed by atoms with Gasteiger partial charge in [0.25, 0.3) is 0 Å². The van der Waals surface area contributed by atoms with Gasteiger partial charge in [-0.1, -0.05) is 70.6 Å². The molecule has 2 aliphatic carbocycles. The predicted molar refractivity (Wildman–Crippen MR) is 103 cm³/mol. The Kier molecular flexibility index (Phi) is 5.87. The second-order valence-electron chi connectivity index (χ2n) is 9.94. The Morgan fingerprint density at radius 3 is 1.67 bits per heavy atom. The van der Waals surface area contributed by atoms with Crippen LogP contribution in [0.1, 0.15) is 103 Å². The summed E-state index contributed by atoms with van der Waals surface area (Å²) in [6, 6.07) is 1.86. The topological polar surface area (TPSA) is 3.24 Å². The molecule has 0 spiro atoms. The molecule has 2 saturated heterocycles. The molecule has 4 aliphatic rings. The molecule has 24 heavy (non-hydrogen) atoms. The maximum Gasteiger partial charge on any atom is 0.00978 e. The summed E-state index contributed by atoms with van der Waals surface area (Å²) < 4.78 is 0. The van der Waals surface area contributed by atoms with Gasteiger partial charge in [0.05, 0.1) is 0 Å². The first-order valence-electron chi connectivity index (χ1n) is 11.5. The second kappa shape index (κ2) is 8.11. The number of piperidine rings is 2. The highest BCUT2D eigenvalue weighted by molar-refractivity contribution is 4.93. The van der Waals surface area contributed by atoms with E-state index >= 15 is 0 Å². The third kappa shape index (κ3) is 3.87.